The van der Waals surface area contributed by atoms with Gasteiger partial charge >= 0.3 is 0 Å². The van der Waals surface area contributed by atoms with Crippen LogP contribution in [0.25, 0.3) is 0 Å². The number of ether oxygens (including phenoxy) is 2. The third-order valence-corrected chi connectivity index (χ3v) is 16.3. The highest BCUT2D eigenvalue weighted by atomic mass is 35.5. The number of hydrogen-bond acceptors (Lipinski definition) is 7. The van der Waals surface area contributed by atoms with Crippen LogP contribution in [0.1, 0.15) is 37.3 Å². The molecule has 0 radical (unpaired) electrons. The van der Waals surface area contributed by atoms with Crippen LogP contribution < -0.4 is 25.0 Å². The fourth-order valence-electron chi connectivity index (χ4n) is 9.17. The van der Waals surface area contributed by atoms with Crippen molar-refractivity contribution >= 4 is 54.0 Å². The summed E-state index contributed by atoms with van der Waals surface area (Å²) in [6.45, 7) is 9.07. The van der Waals surface area contributed by atoms with Crippen LogP contribution in [0.15, 0.2) is 66.7 Å². The first kappa shape index (κ1) is 35.7. The molecular formula is C39H47ClN4O6Si. The molecule has 51 heavy (non-hydrogen) atoms. The first-order valence-corrected chi connectivity index (χ1v) is 21.4. The number of halogens is 1. The van der Waals surface area contributed by atoms with E-state index in [0.29, 0.717) is 31.2 Å². The lowest BCUT2D eigenvalue weighted by Gasteiger charge is -2.37. The number of likely N-dealkylation sites (tertiary alicyclic amines) is 1. The number of fused-ring (bicyclic) bond motifs is 2. The third-order valence-electron chi connectivity index (χ3n) is 11.7. The molecule has 3 aromatic rings. The van der Waals surface area contributed by atoms with Crippen molar-refractivity contribution in [3.8, 4) is 5.75 Å². The maximum absolute atomic E-state index is 15.2. The van der Waals surface area contributed by atoms with E-state index < -0.39 is 19.8 Å². The lowest BCUT2D eigenvalue weighted by atomic mass is 9.82. The number of nitrogens with zero attached hydrogens (tertiary/aromatic N) is 3. The van der Waals surface area contributed by atoms with Crippen molar-refractivity contribution < 1.29 is 29.0 Å². The molecule has 0 saturated carbocycles. The lowest BCUT2D eigenvalue weighted by molar-refractivity contribution is -0.150. The Balaban J connectivity index is 1.28. The van der Waals surface area contributed by atoms with Crippen molar-refractivity contribution in [2.75, 3.05) is 49.7 Å². The number of rotatable bonds is 9. The Labute approximate surface area is 305 Å². The van der Waals surface area contributed by atoms with E-state index in [-0.39, 0.29) is 54.8 Å². The van der Waals surface area contributed by atoms with Crippen molar-refractivity contribution in [2.24, 2.45) is 5.92 Å². The molecule has 0 bridgehead atoms. The average Bonchev–Trinajstić information content (AvgIpc) is 3.79. The smallest absolute Gasteiger partial charge is 0.264 e. The minimum absolute atomic E-state index is 0.0114. The predicted octanol–water partition coefficient (Wildman–Crippen LogP) is 4.42. The van der Waals surface area contributed by atoms with Crippen LogP contribution in [0.4, 0.5) is 11.4 Å². The first-order chi connectivity index (χ1) is 24.5. The van der Waals surface area contributed by atoms with Crippen molar-refractivity contribution in [3.05, 3.63) is 82.9 Å². The summed E-state index contributed by atoms with van der Waals surface area (Å²) in [5.41, 5.74) is 1.65. The van der Waals surface area contributed by atoms with Crippen LogP contribution in [0.5, 0.6) is 5.75 Å². The number of benzene rings is 3. The Kier molecular flexibility index (Phi) is 9.79. The molecular weight excluding hydrogens is 684 g/mol. The van der Waals surface area contributed by atoms with Crippen molar-refractivity contribution in [3.63, 3.8) is 0 Å². The van der Waals surface area contributed by atoms with Gasteiger partial charge in [-0.05, 0) is 66.4 Å². The van der Waals surface area contributed by atoms with Gasteiger partial charge < -0.3 is 34.6 Å². The highest BCUT2D eigenvalue weighted by molar-refractivity contribution is 6.91. The Bertz CT molecular complexity index is 1820. The van der Waals surface area contributed by atoms with Crippen molar-refractivity contribution in [2.45, 2.75) is 69.1 Å². The minimum atomic E-state index is -2.47. The molecule has 5 atom stereocenters. The van der Waals surface area contributed by atoms with Gasteiger partial charge in [0.15, 0.2) is 5.60 Å². The maximum Gasteiger partial charge on any atom is 0.264 e. The van der Waals surface area contributed by atoms with Gasteiger partial charge in [0.25, 0.3) is 5.91 Å². The zero-order valence-corrected chi connectivity index (χ0v) is 31.5. The highest BCUT2D eigenvalue weighted by Crippen LogP contribution is 2.60. The van der Waals surface area contributed by atoms with Crippen LogP contribution in [0.2, 0.25) is 23.7 Å². The summed E-state index contributed by atoms with van der Waals surface area (Å²) in [4.78, 5) is 47.3. The van der Waals surface area contributed by atoms with Gasteiger partial charge in [-0.25, -0.2) is 0 Å². The lowest BCUT2D eigenvalue weighted by Crippen LogP contribution is -2.52. The Morgan fingerprint density at radius 2 is 1.88 bits per heavy atom. The monoisotopic (exact) mass is 730 g/mol. The molecule has 0 unspecified atom stereocenters. The van der Waals surface area contributed by atoms with Gasteiger partial charge in [-0.2, -0.15) is 0 Å². The molecule has 1 spiro atoms. The van der Waals surface area contributed by atoms with Gasteiger partial charge in [0, 0.05) is 41.8 Å². The van der Waals surface area contributed by atoms with Crippen LogP contribution >= 0.6 is 11.6 Å². The summed E-state index contributed by atoms with van der Waals surface area (Å²) in [6.07, 6.45) is 1.19. The van der Waals surface area contributed by atoms with E-state index in [9.17, 15) is 14.7 Å². The van der Waals surface area contributed by atoms with Gasteiger partial charge in [0.05, 0.1) is 59.1 Å². The Hall–Kier alpha value is -3.74. The highest BCUT2D eigenvalue weighted by Gasteiger charge is 2.66. The Morgan fingerprint density at radius 3 is 2.61 bits per heavy atom. The molecule has 3 fully saturated rings. The van der Waals surface area contributed by atoms with Crippen molar-refractivity contribution in [1.29, 1.82) is 0 Å². The molecule has 3 saturated heterocycles. The van der Waals surface area contributed by atoms with E-state index >= 15 is 4.79 Å². The largest absolute Gasteiger partial charge is 0.497 e. The molecule has 0 aromatic heterocycles. The summed E-state index contributed by atoms with van der Waals surface area (Å²) in [5, 5.41) is 14.8. The van der Waals surface area contributed by atoms with Crippen LogP contribution in [-0.4, -0.2) is 87.8 Å². The summed E-state index contributed by atoms with van der Waals surface area (Å²) in [5.74, 6) is 0.244. The molecule has 12 heteroatoms. The van der Waals surface area contributed by atoms with Crippen LogP contribution in [0.3, 0.4) is 0 Å². The third kappa shape index (κ3) is 6.16. The van der Waals surface area contributed by atoms with Gasteiger partial charge in [0.2, 0.25) is 11.8 Å². The standard InChI is InChI=1S/C39H47ClN4O6Si/c1-25-37(51(3,4)31-13-11-30(49-2)12-14-31)34(21-35(46)42-17-6-9-29(42)24-45)50-39(25)32-20-27(40)10-15-33(32)44(38(39)48)23-26-7-5-8-28(19-26)43-18-16-41-22-36(43)47/h5,7-8,10-15,19-20,25,29,34,37,41,45H,6,9,16-18,21-24H2,1-4H3/t25-,29+,34+,37-,39+/m1/s1. The fraction of sp³-hybridized carbons (Fsp3) is 0.462. The Morgan fingerprint density at radius 1 is 1.10 bits per heavy atom. The molecule has 0 aliphatic carbocycles. The predicted molar refractivity (Wildman–Crippen MR) is 200 cm³/mol. The van der Waals surface area contributed by atoms with Crippen molar-refractivity contribution in [1.82, 2.24) is 10.2 Å². The molecule has 4 heterocycles. The van der Waals surface area contributed by atoms with E-state index in [2.05, 4.69) is 37.5 Å². The molecule has 4 aliphatic rings. The molecule has 10 nitrogen and oxygen atoms in total. The van der Waals surface area contributed by atoms with E-state index in [0.717, 1.165) is 41.1 Å². The zero-order chi connectivity index (χ0) is 36.1. The number of nitrogens with one attached hydrogen (secondary N) is 1. The van der Waals surface area contributed by atoms with Gasteiger partial charge in [-0.1, -0.05) is 61.1 Å². The number of aliphatic hydroxyl groups is 1. The summed E-state index contributed by atoms with van der Waals surface area (Å²) >= 11 is 6.68. The number of hydrogen-bond donors (Lipinski definition) is 2. The first-order valence-electron chi connectivity index (χ1n) is 17.9. The molecule has 4 aliphatic heterocycles. The minimum Gasteiger partial charge on any atom is -0.497 e. The second-order valence-corrected chi connectivity index (χ2v) is 20.0. The fourth-order valence-corrected chi connectivity index (χ4v) is 13.4. The number of methoxy groups -OCH3 is 1. The van der Waals surface area contributed by atoms with Crippen LogP contribution in [-0.2, 0) is 31.3 Å². The summed E-state index contributed by atoms with van der Waals surface area (Å²) in [6, 6.07) is 21.3. The number of carbonyl (C=O) groups is 3. The number of anilines is 2. The quantitative estimate of drug-likeness (QED) is 0.314. The maximum atomic E-state index is 15.2. The SMILES string of the molecule is COc1ccc([Si](C)(C)[C@H]2[C@H](CC(=O)N3CCC[C@H]3CO)O[C@@]3(C(=O)N(Cc4cccc(N5CCNCC5=O)c4)c4ccc(Cl)cc43)[C@@H]2C)cc1. The van der Waals surface area contributed by atoms with Gasteiger partial charge in [-0.15, -0.1) is 0 Å². The normalized spacial score (nSPS) is 26.4. The summed E-state index contributed by atoms with van der Waals surface area (Å²) in [7, 11) is -0.827. The van der Waals surface area contributed by atoms with E-state index in [1.165, 1.54) is 5.19 Å². The number of aliphatic hydroxyl groups excluding tert-OH is 1. The second kappa shape index (κ2) is 14.0. The zero-order valence-electron chi connectivity index (χ0n) is 29.7. The molecule has 7 rings (SSSR count). The van der Waals surface area contributed by atoms with E-state index in [1.807, 2.05) is 48.5 Å². The average molecular weight is 731 g/mol. The number of amides is 3. The van der Waals surface area contributed by atoms with Crippen LogP contribution in [0, 0.1) is 5.92 Å². The van der Waals surface area contributed by atoms with E-state index in [4.69, 9.17) is 21.1 Å². The molecule has 270 valence electrons. The summed E-state index contributed by atoms with van der Waals surface area (Å²) < 4.78 is 12.6. The molecule has 2 N–H and O–H groups in total. The van der Waals surface area contributed by atoms with E-state index in [1.54, 1.807) is 27.9 Å². The number of carbonyl (C=O) groups excluding carboxylic acids is 3. The topological polar surface area (TPSA) is 112 Å². The van der Waals surface area contributed by atoms with Gasteiger partial charge in [-0.3, -0.25) is 14.4 Å². The van der Waals surface area contributed by atoms with Gasteiger partial charge in [0.1, 0.15) is 5.75 Å². The molecule has 3 aromatic carbocycles. The molecule has 3 amide bonds. The number of piperazine rings is 1. The second-order valence-electron chi connectivity index (χ2n) is 14.9.